The Kier molecular flexibility index (Phi) is 5.17. The van der Waals surface area contributed by atoms with Gasteiger partial charge in [-0.15, -0.1) is 0 Å². The number of carbonyl (C=O) groups excluding carboxylic acids is 2. The van der Waals surface area contributed by atoms with E-state index in [0.717, 1.165) is 19.3 Å². The number of nitrogens with zero attached hydrogens (tertiary/aromatic N) is 2. The van der Waals surface area contributed by atoms with Gasteiger partial charge in [-0.2, -0.15) is 0 Å². The molecule has 0 atom stereocenters. The summed E-state index contributed by atoms with van der Waals surface area (Å²) in [6, 6.07) is 17.5. The lowest BCUT2D eigenvalue weighted by atomic mass is 10.1. The average molecular weight is 336 g/mol. The van der Waals surface area contributed by atoms with E-state index in [9.17, 15) is 9.59 Å². The lowest BCUT2D eigenvalue weighted by Crippen LogP contribution is -2.33. The van der Waals surface area contributed by atoms with E-state index in [1.807, 2.05) is 43.4 Å². The molecule has 0 bridgehead atoms. The second kappa shape index (κ2) is 7.51. The second-order valence-corrected chi connectivity index (χ2v) is 6.65. The Morgan fingerprint density at radius 2 is 1.60 bits per heavy atom. The molecule has 2 amide bonds. The van der Waals surface area contributed by atoms with Gasteiger partial charge in [0.15, 0.2) is 0 Å². The minimum Gasteiger partial charge on any atom is -0.341 e. The molecule has 3 rings (SSSR count). The zero-order valence-electron chi connectivity index (χ0n) is 14.8. The third-order valence-electron chi connectivity index (χ3n) is 4.68. The number of hydrogen-bond acceptors (Lipinski definition) is 2. The van der Waals surface area contributed by atoms with E-state index in [0.29, 0.717) is 17.8 Å². The molecule has 4 nitrogen and oxygen atoms in total. The van der Waals surface area contributed by atoms with E-state index in [-0.39, 0.29) is 17.7 Å². The molecule has 0 aromatic heterocycles. The van der Waals surface area contributed by atoms with Crippen molar-refractivity contribution in [1.29, 1.82) is 0 Å². The minimum atomic E-state index is -0.0537. The molecule has 0 radical (unpaired) electrons. The predicted octanol–water partition coefficient (Wildman–Crippen LogP) is 3.37. The highest BCUT2D eigenvalue weighted by Crippen LogP contribution is 2.33. The maximum atomic E-state index is 12.9. The number of para-hydroxylation sites is 1. The Bertz CT molecular complexity index is 754. The van der Waals surface area contributed by atoms with Crippen molar-refractivity contribution in [3.63, 3.8) is 0 Å². The van der Waals surface area contributed by atoms with Crippen molar-refractivity contribution in [2.45, 2.75) is 19.3 Å². The number of anilines is 1. The van der Waals surface area contributed by atoms with Crippen molar-refractivity contribution in [2.24, 2.45) is 5.92 Å². The summed E-state index contributed by atoms with van der Waals surface area (Å²) in [5, 5.41) is 0. The largest absolute Gasteiger partial charge is 0.341 e. The van der Waals surface area contributed by atoms with Gasteiger partial charge in [0.25, 0.3) is 5.91 Å². The van der Waals surface area contributed by atoms with E-state index < -0.39 is 0 Å². The number of carbonyl (C=O) groups is 2. The number of rotatable bonds is 6. The summed E-state index contributed by atoms with van der Waals surface area (Å²) in [6.07, 6.45) is 2.72. The highest BCUT2D eigenvalue weighted by molar-refractivity contribution is 6.05. The van der Waals surface area contributed by atoms with Gasteiger partial charge in [0, 0.05) is 26.6 Å². The summed E-state index contributed by atoms with van der Waals surface area (Å²) in [7, 11) is 3.57. The number of amides is 2. The van der Waals surface area contributed by atoms with Crippen LogP contribution >= 0.6 is 0 Å². The van der Waals surface area contributed by atoms with Gasteiger partial charge in [0.05, 0.1) is 11.3 Å². The molecule has 4 heteroatoms. The number of benzene rings is 2. The van der Waals surface area contributed by atoms with Gasteiger partial charge in [-0.1, -0.05) is 42.5 Å². The molecule has 0 saturated heterocycles. The van der Waals surface area contributed by atoms with Crippen LogP contribution in [0, 0.1) is 5.92 Å². The van der Waals surface area contributed by atoms with Crippen LogP contribution in [0.25, 0.3) is 0 Å². The Balaban J connectivity index is 1.71. The monoisotopic (exact) mass is 336 g/mol. The van der Waals surface area contributed by atoms with Crippen molar-refractivity contribution in [2.75, 3.05) is 25.5 Å². The lowest BCUT2D eigenvalue weighted by molar-refractivity contribution is -0.119. The maximum absolute atomic E-state index is 12.9. The van der Waals surface area contributed by atoms with E-state index in [1.54, 1.807) is 22.9 Å². The topological polar surface area (TPSA) is 40.6 Å². The van der Waals surface area contributed by atoms with Crippen LogP contribution in [0.3, 0.4) is 0 Å². The van der Waals surface area contributed by atoms with E-state index in [4.69, 9.17) is 0 Å². The molecule has 2 aromatic rings. The molecule has 1 aliphatic carbocycles. The third kappa shape index (κ3) is 4.08. The van der Waals surface area contributed by atoms with Gasteiger partial charge in [0.2, 0.25) is 5.91 Å². The smallest absolute Gasteiger partial charge is 0.255 e. The quantitative estimate of drug-likeness (QED) is 0.811. The van der Waals surface area contributed by atoms with Gasteiger partial charge < -0.3 is 9.80 Å². The fraction of sp³-hybridized carbons (Fsp3) is 0.333. The highest BCUT2D eigenvalue weighted by atomic mass is 16.2. The van der Waals surface area contributed by atoms with Crippen LogP contribution in [-0.2, 0) is 11.2 Å². The summed E-state index contributed by atoms with van der Waals surface area (Å²) >= 11 is 0. The molecule has 0 unspecified atom stereocenters. The molecule has 25 heavy (non-hydrogen) atoms. The Morgan fingerprint density at radius 3 is 2.28 bits per heavy atom. The van der Waals surface area contributed by atoms with Crippen LogP contribution in [0.5, 0.6) is 0 Å². The predicted molar refractivity (Wildman–Crippen MR) is 99.7 cm³/mol. The summed E-state index contributed by atoms with van der Waals surface area (Å²) < 4.78 is 0. The molecule has 1 saturated carbocycles. The third-order valence-corrected chi connectivity index (χ3v) is 4.68. The molecular formula is C21H24N2O2. The lowest BCUT2D eigenvalue weighted by Gasteiger charge is -2.23. The van der Waals surface area contributed by atoms with Crippen LogP contribution in [0.4, 0.5) is 5.69 Å². The summed E-state index contributed by atoms with van der Waals surface area (Å²) in [4.78, 5) is 28.6. The minimum absolute atomic E-state index is 0.0537. The molecule has 0 spiro atoms. The summed E-state index contributed by atoms with van der Waals surface area (Å²) in [5.41, 5.74) is 2.47. The van der Waals surface area contributed by atoms with E-state index >= 15 is 0 Å². The Hall–Kier alpha value is -2.62. The first-order valence-corrected chi connectivity index (χ1v) is 8.74. The van der Waals surface area contributed by atoms with Gasteiger partial charge in [-0.3, -0.25) is 9.59 Å². The SMILES string of the molecule is CN(CCc1ccccc1)C(=O)c1ccccc1N(C)C(=O)C1CC1. The normalized spacial score (nSPS) is 13.4. The van der Waals surface area contributed by atoms with Crippen molar-refractivity contribution >= 4 is 17.5 Å². The Morgan fingerprint density at radius 1 is 0.960 bits per heavy atom. The van der Waals surface area contributed by atoms with Gasteiger partial charge in [0.1, 0.15) is 0 Å². The molecule has 0 heterocycles. The van der Waals surface area contributed by atoms with Gasteiger partial charge in [-0.05, 0) is 37.0 Å². The van der Waals surface area contributed by atoms with Crippen LogP contribution in [-0.4, -0.2) is 37.4 Å². The standard InChI is InChI=1S/C21H24N2O2/c1-22(15-14-16-8-4-3-5-9-16)21(25)18-10-6-7-11-19(18)23(2)20(24)17-12-13-17/h3-11,17H,12-15H2,1-2H3. The number of likely N-dealkylation sites (N-methyl/N-ethyl adjacent to an activating group) is 1. The number of hydrogen-bond donors (Lipinski definition) is 0. The second-order valence-electron chi connectivity index (χ2n) is 6.65. The Labute approximate surface area is 149 Å². The van der Waals surface area contributed by atoms with Gasteiger partial charge in [-0.25, -0.2) is 0 Å². The maximum Gasteiger partial charge on any atom is 0.255 e. The zero-order valence-corrected chi connectivity index (χ0v) is 14.8. The first-order valence-electron chi connectivity index (χ1n) is 8.74. The fourth-order valence-corrected chi connectivity index (χ4v) is 2.92. The van der Waals surface area contributed by atoms with E-state index in [1.165, 1.54) is 5.56 Å². The molecule has 1 fully saturated rings. The fourth-order valence-electron chi connectivity index (χ4n) is 2.92. The molecule has 0 aliphatic heterocycles. The molecule has 0 N–H and O–H groups in total. The van der Waals surface area contributed by atoms with Crippen LogP contribution < -0.4 is 4.90 Å². The zero-order chi connectivity index (χ0) is 17.8. The van der Waals surface area contributed by atoms with Gasteiger partial charge >= 0.3 is 0 Å². The molecule has 1 aliphatic rings. The first-order chi connectivity index (χ1) is 12.1. The summed E-state index contributed by atoms with van der Waals surface area (Å²) in [5.74, 6) is 0.179. The van der Waals surface area contributed by atoms with Crippen molar-refractivity contribution in [1.82, 2.24) is 4.90 Å². The molecule has 130 valence electrons. The van der Waals surface area contributed by atoms with Crippen LogP contribution in [0.2, 0.25) is 0 Å². The van der Waals surface area contributed by atoms with Crippen molar-refractivity contribution in [3.05, 3.63) is 65.7 Å². The average Bonchev–Trinajstić information content (AvgIpc) is 3.50. The molecule has 2 aromatic carbocycles. The van der Waals surface area contributed by atoms with Crippen molar-refractivity contribution < 1.29 is 9.59 Å². The van der Waals surface area contributed by atoms with Crippen LogP contribution in [0.1, 0.15) is 28.8 Å². The first kappa shape index (κ1) is 17.2. The molecular weight excluding hydrogens is 312 g/mol. The summed E-state index contributed by atoms with van der Waals surface area (Å²) in [6.45, 7) is 0.636. The van der Waals surface area contributed by atoms with Crippen molar-refractivity contribution in [3.8, 4) is 0 Å². The highest BCUT2D eigenvalue weighted by Gasteiger charge is 2.33. The van der Waals surface area contributed by atoms with E-state index in [2.05, 4.69) is 12.1 Å². The van der Waals surface area contributed by atoms with Crippen LogP contribution in [0.15, 0.2) is 54.6 Å².